The van der Waals surface area contributed by atoms with Crippen molar-refractivity contribution in [3.63, 3.8) is 0 Å². The van der Waals surface area contributed by atoms with Crippen LogP contribution in [0.2, 0.25) is 0 Å². The number of rotatable bonds is 14. The minimum Gasteiger partial charge on any atom is -0.360 e. The molecular formula is C20H32O5S. The molecule has 0 aliphatic rings. The van der Waals surface area contributed by atoms with Crippen LogP contribution in [0.25, 0.3) is 6.08 Å². The van der Waals surface area contributed by atoms with E-state index >= 15 is 0 Å². The Kier molecular flexibility index (Phi) is 11.2. The second-order valence-electron chi connectivity index (χ2n) is 6.16. The van der Waals surface area contributed by atoms with E-state index in [9.17, 15) is 8.42 Å². The normalized spacial score (nSPS) is 12.0. The molecule has 5 nitrogen and oxygen atoms in total. The second kappa shape index (κ2) is 12.9. The van der Waals surface area contributed by atoms with Crippen LogP contribution in [-0.2, 0) is 26.0 Å². The fourth-order valence-corrected chi connectivity index (χ4v) is 3.37. The van der Waals surface area contributed by atoms with Gasteiger partial charge in [-0.05, 0) is 38.3 Å². The third-order valence-corrected chi connectivity index (χ3v) is 4.63. The first-order valence-corrected chi connectivity index (χ1v) is 10.9. The van der Waals surface area contributed by atoms with Gasteiger partial charge in [0, 0.05) is 5.56 Å². The SMILES string of the molecule is C/C=C\c1cccc(OS(=O)(=O)OOCC)c1CCCCCCCCC. The maximum absolute atomic E-state index is 11.9. The highest BCUT2D eigenvalue weighted by Crippen LogP contribution is 2.27. The number of hydrogen-bond acceptors (Lipinski definition) is 5. The highest BCUT2D eigenvalue weighted by molar-refractivity contribution is 7.82. The summed E-state index contributed by atoms with van der Waals surface area (Å²) in [6.45, 7) is 5.89. The molecular weight excluding hydrogens is 352 g/mol. The minimum atomic E-state index is -4.24. The summed E-state index contributed by atoms with van der Waals surface area (Å²) in [5.41, 5.74) is 1.84. The predicted molar refractivity (Wildman–Crippen MR) is 105 cm³/mol. The van der Waals surface area contributed by atoms with Crippen LogP contribution in [0.5, 0.6) is 5.75 Å². The molecule has 0 heterocycles. The average Bonchev–Trinajstić information content (AvgIpc) is 2.61. The van der Waals surface area contributed by atoms with Crippen molar-refractivity contribution in [1.82, 2.24) is 0 Å². The van der Waals surface area contributed by atoms with E-state index in [-0.39, 0.29) is 6.61 Å². The minimum absolute atomic E-state index is 0.117. The molecule has 1 rings (SSSR count). The molecule has 6 heteroatoms. The molecule has 0 aliphatic heterocycles. The predicted octanol–water partition coefficient (Wildman–Crippen LogP) is 5.60. The zero-order chi connectivity index (χ0) is 19.3. The molecule has 0 fully saturated rings. The van der Waals surface area contributed by atoms with E-state index in [1.807, 2.05) is 25.1 Å². The third-order valence-electron chi connectivity index (χ3n) is 3.99. The molecule has 0 saturated heterocycles. The van der Waals surface area contributed by atoms with Crippen molar-refractivity contribution >= 4 is 16.5 Å². The fraction of sp³-hybridized carbons (Fsp3) is 0.600. The van der Waals surface area contributed by atoms with Crippen molar-refractivity contribution in [2.75, 3.05) is 6.61 Å². The molecule has 0 unspecified atom stereocenters. The summed E-state index contributed by atoms with van der Waals surface area (Å²) in [6, 6.07) is 5.38. The van der Waals surface area contributed by atoms with Crippen LogP contribution in [0, 0.1) is 0 Å². The van der Waals surface area contributed by atoms with Gasteiger partial charge in [0.2, 0.25) is 0 Å². The van der Waals surface area contributed by atoms with Gasteiger partial charge in [0.05, 0.1) is 6.61 Å². The fourth-order valence-electron chi connectivity index (χ4n) is 2.75. The molecule has 26 heavy (non-hydrogen) atoms. The Bertz CT molecular complexity index is 638. The lowest BCUT2D eigenvalue weighted by Crippen LogP contribution is -2.15. The van der Waals surface area contributed by atoms with Gasteiger partial charge in [-0.3, -0.25) is 0 Å². The molecule has 0 atom stereocenters. The number of unbranched alkanes of at least 4 members (excludes halogenated alkanes) is 6. The van der Waals surface area contributed by atoms with Crippen LogP contribution >= 0.6 is 0 Å². The van der Waals surface area contributed by atoms with E-state index in [0.29, 0.717) is 5.75 Å². The summed E-state index contributed by atoms with van der Waals surface area (Å²) in [5, 5.41) is 0. The molecule has 0 aliphatic carbocycles. The Morgan fingerprint density at radius 1 is 1.00 bits per heavy atom. The summed E-state index contributed by atoms with van der Waals surface area (Å²) in [7, 11) is -4.24. The van der Waals surface area contributed by atoms with Gasteiger partial charge in [-0.25, -0.2) is 4.89 Å². The van der Waals surface area contributed by atoms with E-state index < -0.39 is 10.4 Å². The van der Waals surface area contributed by atoms with Crippen molar-refractivity contribution < 1.29 is 21.8 Å². The molecule has 0 spiro atoms. The zero-order valence-electron chi connectivity index (χ0n) is 16.2. The van der Waals surface area contributed by atoms with Crippen LogP contribution in [-0.4, -0.2) is 15.0 Å². The highest BCUT2D eigenvalue weighted by atomic mass is 32.3. The topological polar surface area (TPSA) is 61.8 Å². The maximum atomic E-state index is 11.9. The van der Waals surface area contributed by atoms with Gasteiger partial charge in [-0.1, -0.05) is 74.1 Å². The van der Waals surface area contributed by atoms with E-state index in [1.54, 1.807) is 19.1 Å². The first-order valence-electron chi connectivity index (χ1n) is 9.54. The van der Waals surface area contributed by atoms with Crippen LogP contribution in [0.3, 0.4) is 0 Å². The summed E-state index contributed by atoms with van der Waals surface area (Å²) in [4.78, 5) is 4.51. The van der Waals surface area contributed by atoms with Gasteiger partial charge in [0.1, 0.15) is 5.75 Å². The Morgan fingerprint density at radius 3 is 2.35 bits per heavy atom. The lowest BCUT2D eigenvalue weighted by Gasteiger charge is -2.13. The summed E-state index contributed by atoms with van der Waals surface area (Å²) < 4.78 is 33.2. The Balaban J connectivity index is 2.76. The van der Waals surface area contributed by atoms with Gasteiger partial charge in [0.15, 0.2) is 0 Å². The average molecular weight is 385 g/mol. The smallest absolute Gasteiger partial charge is 0.360 e. The van der Waals surface area contributed by atoms with Crippen LogP contribution in [0.1, 0.15) is 76.8 Å². The molecule has 1 aromatic rings. The van der Waals surface area contributed by atoms with E-state index in [2.05, 4.69) is 16.1 Å². The summed E-state index contributed by atoms with van der Waals surface area (Å²) >= 11 is 0. The molecule has 0 amide bonds. The highest BCUT2D eigenvalue weighted by Gasteiger charge is 2.18. The molecule has 0 aromatic heterocycles. The quantitative estimate of drug-likeness (QED) is 0.237. The van der Waals surface area contributed by atoms with Crippen molar-refractivity contribution in [1.29, 1.82) is 0 Å². The Labute approximate surface area is 158 Å². The van der Waals surface area contributed by atoms with Crippen LogP contribution < -0.4 is 4.18 Å². The number of benzene rings is 1. The summed E-state index contributed by atoms with van der Waals surface area (Å²) in [5.74, 6) is 0.297. The number of allylic oxidation sites excluding steroid dienone is 1. The Hall–Kier alpha value is -1.37. The van der Waals surface area contributed by atoms with E-state index in [1.165, 1.54) is 32.1 Å². The van der Waals surface area contributed by atoms with Crippen molar-refractivity contribution in [2.24, 2.45) is 0 Å². The van der Waals surface area contributed by atoms with Crippen LogP contribution in [0.4, 0.5) is 0 Å². The van der Waals surface area contributed by atoms with Crippen molar-refractivity contribution in [2.45, 2.75) is 72.1 Å². The van der Waals surface area contributed by atoms with E-state index in [0.717, 1.165) is 30.4 Å². The number of hydrogen-bond donors (Lipinski definition) is 0. The monoisotopic (exact) mass is 384 g/mol. The van der Waals surface area contributed by atoms with Gasteiger partial charge in [-0.2, -0.15) is 8.42 Å². The van der Waals surface area contributed by atoms with Gasteiger partial charge in [0.25, 0.3) is 0 Å². The Morgan fingerprint density at radius 2 is 1.69 bits per heavy atom. The molecule has 0 N–H and O–H groups in total. The van der Waals surface area contributed by atoms with Gasteiger partial charge >= 0.3 is 10.4 Å². The molecule has 0 bridgehead atoms. The maximum Gasteiger partial charge on any atom is 0.476 e. The van der Waals surface area contributed by atoms with Crippen molar-refractivity contribution in [3.8, 4) is 5.75 Å². The first kappa shape index (κ1) is 22.7. The second-order valence-corrected chi connectivity index (χ2v) is 7.28. The zero-order valence-corrected chi connectivity index (χ0v) is 17.0. The lowest BCUT2D eigenvalue weighted by molar-refractivity contribution is -0.202. The molecule has 0 radical (unpaired) electrons. The lowest BCUT2D eigenvalue weighted by atomic mass is 9.99. The molecule has 0 saturated carbocycles. The molecule has 148 valence electrons. The van der Waals surface area contributed by atoms with Crippen LogP contribution in [0.15, 0.2) is 24.3 Å². The third kappa shape index (κ3) is 8.83. The summed E-state index contributed by atoms with van der Waals surface area (Å²) in [6.07, 6.45) is 13.0. The van der Waals surface area contributed by atoms with E-state index in [4.69, 9.17) is 4.18 Å². The largest absolute Gasteiger partial charge is 0.476 e. The standard InChI is InChI=1S/C20H32O5S/c1-4-7-8-9-10-11-12-16-19-18(14-5-2)15-13-17-20(19)24-26(21,22)25-23-6-3/h5,13-15,17H,4,6-12,16H2,1-3H3/b14-5-. The molecule has 1 aromatic carbocycles. The van der Waals surface area contributed by atoms with Crippen molar-refractivity contribution in [3.05, 3.63) is 35.4 Å². The first-order chi connectivity index (χ1) is 12.5. The van der Waals surface area contributed by atoms with Gasteiger partial charge < -0.3 is 4.18 Å². The van der Waals surface area contributed by atoms with Gasteiger partial charge in [-0.15, -0.1) is 0 Å².